The van der Waals surface area contributed by atoms with Crippen molar-refractivity contribution in [3.63, 3.8) is 0 Å². The number of rotatable bonds is 19. The summed E-state index contributed by atoms with van der Waals surface area (Å²) in [6, 6.07) is 3.55. The zero-order valence-corrected chi connectivity index (χ0v) is 50.7. The molecule has 464 valence electrons. The second-order valence-corrected chi connectivity index (χ2v) is 24.3. The summed E-state index contributed by atoms with van der Waals surface area (Å²) in [6.07, 6.45) is -6.89. The number of nitrogens with zero attached hydrogens (tertiary/aromatic N) is 3. The normalized spacial score (nSPS) is 37.3. The number of likely N-dealkylation sites (N-methyl/N-ethyl adjacent to an activating group) is 1. The van der Waals surface area contributed by atoms with Crippen LogP contribution in [0.4, 0.5) is 4.79 Å². The SMILES string of the molecule is CC[C@H]1OC(=O)[C@H](C)[C@@H](O[C@H]2C[C@@](C)(OC)[C@@H](OC(=O)NCCOCCCc3cc4c5c(c3)c(=O)c(C(=O)O)cn5C(C)CC4)[C@H](C)O2)[C@H](C)[C@@H](OC2O[C@H](C)C[C@H](N(C)C)[C@H]2O)[C@](C)(O)C[C@@H](C)/C(=N\OCOC)[C@H](C)[C@@H](O)[C@]1(C)O. The van der Waals surface area contributed by atoms with Crippen LogP contribution in [0.15, 0.2) is 28.3 Å². The number of aliphatic hydroxyl groups excluding tert-OH is 2. The molecule has 4 aliphatic heterocycles. The number of aromatic nitrogens is 1. The number of aromatic carboxylic acids is 1. The van der Waals surface area contributed by atoms with E-state index in [2.05, 4.69) is 16.5 Å². The number of amides is 1. The maximum Gasteiger partial charge on any atom is 0.407 e. The standard InChI is InChI=1S/C59H94N4O19/c1-16-43-59(11,72)50(66)34(5)45(61-76-30-73-14)31(2)27-57(9,71)51(81-55-48(65)42(62(12)13)24-33(4)77-55)35(6)49(36(7)54(69)79-43)80-44-28-58(10,74-15)52(37(8)78-44)82-56(70)60-21-23-75-22-17-18-38-25-39-20-19-32(3)63-29-41(53(67)68)47(64)40(26-38)46(39)63/h25-26,29,31-37,42-44,48-52,55,65-66,71-72H,16-24,27-28,30H2,1-15H3,(H,60,70)(H,67,68)/b61-45+/t31-,32?,33-,34+,35+,36-,37+,42+,43-,44+,48-,49+,50-,51-,52+,55?,57-,58-,59-/m1/s1. The van der Waals surface area contributed by atoms with Gasteiger partial charge in [0.1, 0.15) is 29.0 Å². The van der Waals surface area contributed by atoms with Crippen molar-refractivity contribution in [1.29, 1.82) is 0 Å². The van der Waals surface area contributed by atoms with Gasteiger partial charge in [0.25, 0.3) is 0 Å². The highest BCUT2D eigenvalue weighted by atomic mass is 16.7. The van der Waals surface area contributed by atoms with Crippen LogP contribution in [0.5, 0.6) is 0 Å². The highest BCUT2D eigenvalue weighted by molar-refractivity contribution is 5.94. The molecule has 5 heterocycles. The Kier molecular flexibility index (Phi) is 23.0. The molecule has 6 rings (SSSR count). The van der Waals surface area contributed by atoms with Crippen molar-refractivity contribution < 1.29 is 87.4 Å². The van der Waals surface area contributed by atoms with Crippen LogP contribution >= 0.6 is 0 Å². The van der Waals surface area contributed by atoms with Gasteiger partial charge in [-0.05, 0) is 125 Å². The van der Waals surface area contributed by atoms with E-state index in [1.54, 1.807) is 61.5 Å². The number of benzene rings is 1. The Labute approximate surface area is 482 Å². The Morgan fingerprint density at radius 2 is 1.65 bits per heavy atom. The smallest absolute Gasteiger partial charge is 0.407 e. The third-order valence-electron chi connectivity index (χ3n) is 17.5. The van der Waals surface area contributed by atoms with E-state index in [9.17, 15) is 44.7 Å². The van der Waals surface area contributed by atoms with E-state index in [0.717, 1.165) is 29.5 Å². The summed E-state index contributed by atoms with van der Waals surface area (Å²) < 4.78 is 57.6. The van der Waals surface area contributed by atoms with E-state index in [0.29, 0.717) is 31.3 Å². The molecular weight excluding hydrogens is 1070 g/mol. The van der Waals surface area contributed by atoms with Crippen LogP contribution in [0.3, 0.4) is 0 Å². The topological polar surface area (TPSA) is 294 Å². The summed E-state index contributed by atoms with van der Waals surface area (Å²) in [5.74, 6) is -5.68. The predicted octanol–water partition coefficient (Wildman–Crippen LogP) is 5.10. The van der Waals surface area contributed by atoms with E-state index in [4.69, 9.17) is 47.5 Å². The van der Waals surface area contributed by atoms with Gasteiger partial charge in [-0.1, -0.05) is 38.9 Å². The van der Waals surface area contributed by atoms with Gasteiger partial charge in [0, 0.05) is 75.2 Å². The molecule has 82 heavy (non-hydrogen) atoms. The first-order valence-corrected chi connectivity index (χ1v) is 29.0. The summed E-state index contributed by atoms with van der Waals surface area (Å²) in [5.41, 5.74) is -2.82. The fraction of sp³-hybridized carbons (Fsp3) is 0.780. The molecule has 3 fully saturated rings. The third kappa shape index (κ3) is 15.2. The number of aliphatic hydroxyl groups is 4. The van der Waals surface area contributed by atoms with Gasteiger partial charge in [-0.2, -0.15) is 0 Å². The molecule has 6 N–H and O–H groups in total. The minimum atomic E-state index is -2.02. The molecule has 0 saturated carbocycles. The molecule has 0 radical (unpaired) electrons. The quantitative estimate of drug-likeness (QED) is 0.0462. The second-order valence-electron chi connectivity index (χ2n) is 24.3. The molecule has 0 aliphatic carbocycles. The van der Waals surface area contributed by atoms with E-state index >= 15 is 0 Å². The zero-order valence-electron chi connectivity index (χ0n) is 50.7. The van der Waals surface area contributed by atoms with Crippen molar-refractivity contribution in [3.05, 3.63) is 45.2 Å². The lowest BCUT2D eigenvalue weighted by atomic mass is 9.73. The highest BCUT2D eigenvalue weighted by Crippen LogP contribution is 2.42. The van der Waals surface area contributed by atoms with Crippen molar-refractivity contribution in [1.82, 2.24) is 14.8 Å². The molecule has 4 aliphatic rings. The van der Waals surface area contributed by atoms with Crippen molar-refractivity contribution in [2.45, 2.75) is 218 Å². The summed E-state index contributed by atoms with van der Waals surface area (Å²) in [4.78, 5) is 60.6. The highest BCUT2D eigenvalue weighted by Gasteiger charge is 2.54. The zero-order chi connectivity index (χ0) is 60.8. The number of carboxylic acids is 1. The molecule has 1 aromatic heterocycles. The lowest BCUT2D eigenvalue weighted by Gasteiger charge is -2.49. The number of methoxy groups -OCH3 is 2. The Morgan fingerprint density at radius 3 is 2.29 bits per heavy atom. The lowest BCUT2D eigenvalue weighted by Crippen LogP contribution is -2.61. The molecule has 23 heteroatoms. The number of carboxylic acid groups (broad SMARTS) is 1. The summed E-state index contributed by atoms with van der Waals surface area (Å²) in [5, 5.41) is 66.0. The number of hydrogen-bond donors (Lipinski definition) is 6. The molecule has 2 aromatic rings. The van der Waals surface area contributed by atoms with Gasteiger partial charge in [-0.3, -0.25) is 9.59 Å². The van der Waals surface area contributed by atoms with E-state index in [1.165, 1.54) is 27.3 Å². The number of alkyl carbamates (subject to hydrolysis) is 1. The van der Waals surface area contributed by atoms with Crippen LogP contribution in [0, 0.1) is 23.7 Å². The van der Waals surface area contributed by atoms with Crippen molar-refractivity contribution in [3.8, 4) is 0 Å². The van der Waals surface area contributed by atoms with Gasteiger partial charge in [-0.25, -0.2) is 9.59 Å². The predicted molar refractivity (Wildman–Crippen MR) is 301 cm³/mol. The molecule has 2 unspecified atom stereocenters. The van der Waals surface area contributed by atoms with Gasteiger partial charge >= 0.3 is 18.0 Å². The molecule has 0 spiro atoms. The van der Waals surface area contributed by atoms with E-state index in [-0.39, 0.29) is 68.7 Å². The largest absolute Gasteiger partial charge is 0.477 e. The summed E-state index contributed by atoms with van der Waals surface area (Å²) in [6.45, 7) is 19.2. The number of aryl methyl sites for hydroxylation is 2. The minimum absolute atomic E-state index is 0.0162. The Balaban J connectivity index is 1.18. The van der Waals surface area contributed by atoms with Crippen LogP contribution in [0.1, 0.15) is 142 Å². The number of hydrogen-bond acceptors (Lipinski definition) is 20. The summed E-state index contributed by atoms with van der Waals surface area (Å²) in [7, 11) is 6.59. The molecule has 1 aromatic carbocycles. The van der Waals surface area contributed by atoms with Crippen molar-refractivity contribution in [2.75, 3.05) is 54.9 Å². The molecular formula is C59H94N4O19. The first-order chi connectivity index (χ1) is 38.5. The number of oxime groups is 1. The molecule has 19 atom stereocenters. The molecule has 1 amide bonds. The Morgan fingerprint density at radius 1 is 0.939 bits per heavy atom. The van der Waals surface area contributed by atoms with Gasteiger partial charge in [0.15, 0.2) is 18.7 Å². The average molecular weight is 1160 g/mol. The Hall–Kier alpha value is -4.37. The minimum Gasteiger partial charge on any atom is -0.477 e. The first kappa shape index (κ1) is 66.8. The van der Waals surface area contributed by atoms with Gasteiger partial charge < -0.3 is 87.8 Å². The van der Waals surface area contributed by atoms with Crippen LogP contribution in [-0.4, -0.2) is 198 Å². The van der Waals surface area contributed by atoms with Gasteiger partial charge in [0.05, 0.1) is 59.9 Å². The number of carbonyl (C=O) groups excluding carboxylic acids is 2. The number of pyridine rings is 1. The fourth-order valence-electron chi connectivity index (χ4n) is 12.8. The van der Waals surface area contributed by atoms with Gasteiger partial charge in [0.2, 0.25) is 12.2 Å². The maximum absolute atomic E-state index is 14.7. The molecule has 3 saturated heterocycles. The van der Waals surface area contributed by atoms with E-state index in [1.807, 2.05) is 37.4 Å². The van der Waals surface area contributed by atoms with Gasteiger partial charge in [-0.15, -0.1) is 0 Å². The van der Waals surface area contributed by atoms with Crippen molar-refractivity contribution in [2.24, 2.45) is 28.8 Å². The number of carbonyl (C=O) groups is 3. The molecule has 0 bridgehead atoms. The number of esters is 1. The van der Waals surface area contributed by atoms with E-state index < -0.39 is 119 Å². The van der Waals surface area contributed by atoms with Crippen LogP contribution in [-0.2, 0) is 65.1 Å². The molecule has 23 nitrogen and oxygen atoms in total. The first-order valence-electron chi connectivity index (χ1n) is 29.0. The van der Waals surface area contributed by atoms with Crippen molar-refractivity contribution >= 4 is 34.6 Å². The number of cyclic esters (lactones) is 1. The third-order valence-corrected chi connectivity index (χ3v) is 17.5. The average Bonchev–Trinajstić information content (AvgIpc) is 3.62. The Bertz CT molecular complexity index is 2580. The van der Waals surface area contributed by atoms with Crippen LogP contribution in [0.2, 0.25) is 0 Å². The fourth-order valence-corrected chi connectivity index (χ4v) is 12.8. The monoisotopic (exact) mass is 1160 g/mol. The summed E-state index contributed by atoms with van der Waals surface area (Å²) >= 11 is 0. The second kappa shape index (κ2) is 28.2. The van der Waals surface area contributed by atoms with Crippen LogP contribution < -0.4 is 10.7 Å². The maximum atomic E-state index is 14.7. The number of nitrogens with one attached hydrogen (secondary N) is 1. The number of ether oxygens (including phenoxy) is 9. The van der Waals surface area contributed by atoms with Crippen LogP contribution in [0.25, 0.3) is 10.9 Å². The lowest BCUT2D eigenvalue weighted by molar-refractivity contribution is -0.317.